The maximum Gasteiger partial charge on any atom is 0.195 e. The molecule has 7 nitrogen and oxygen atoms in total. The number of phenols is 1. The van der Waals surface area contributed by atoms with Gasteiger partial charge in [-0.05, 0) is 12.1 Å². The number of carbonyl (C=O) groups is 2. The first-order chi connectivity index (χ1) is 10.6. The lowest BCUT2D eigenvalue weighted by Crippen LogP contribution is -2.52. The molecule has 0 heterocycles. The van der Waals surface area contributed by atoms with Crippen molar-refractivity contribution >= 4 is 17.3 Å². The molecule has 0 aliphatic carbocycles. The van der Waals surface area contributed by atoms with Crippen LogP contribution in [-0.2, 0) is 4.79 Å². The second-order valence-corrected chi connectivity index (χ2v) is 5.99. The normalized spacial score (nSPS) is 16.7. The molecule has 0 saturated heterocycles. The molecule has 1 rings (SSSR count). The van der Waals surface area contributed by atoms with E-state index in [0.29, 0.717) is 0 Å². The SMILES string of the molecule is CC(C)C(=O)C(C)C(O)C(N)C(O)C(=O)c1ccc(O)cc1N. The molecule has 0 fully saturated rings. The predicted octanol–water partition coefficient (Wildman–Crippen LogP) is 0.0674. The summed E-state index contributed by atoms with van der Waals surface area (Å²) in [4.78, 5) is 24.2. The van der Waals surface area contributed by atoms with Crippen LogP contribution < -0.4 is 11.5 Å². The Labute approximate surface area is 134 Å². The standard InChI is InChI=1S/C16H24N2O5/c1-7(2)13(20)8(3)14(21)12(18)16(23)15(22)10-5-4-9(19)6-11(10)17/h4-8,12,14,16,19,21,23H,17-18H2,1-3H3. The van der Waals surface area contributed by atoms with Crippen molar-refractivity contribution in [3.8, 4) is 5.75 Å². The molecule has 0 amide bonds. The van der Waals surface area contributed by atoms with E-state index in [4.69, 9.17) is 11.5 Å². The molecule has 0 aliphatic rings. The van der Waals surface area contributed by atoms with Crippen molar-refractivity contribution in [2.75, 3.05) is 5.73 Å². The molecule has 23 heavy (non-hydrogen) atoms. The summed E-state index contributed by atoms with van der Waals surface area (Å²) >= 11 is 0. The summed E-state index contributed by atoms with van der Waals surface area (Å²) in [6, 6.07) is 2.35. The average Bonchev–Trinajstić information content (AvgIpc) is 2.50. The van der Waals surface area contributed by atoms with E-state index in [9.17, 15) is 24.9 Å². The Bertz CT molecular complexity index is 588. The summed E-state index contributed by atoms with van der Waals surface area (Å²) < 4.78 is 0. The summed E-state index contributed by atoms with van der Waals surface area (Å²) in [6.07, 6.45) is -3.10. The van der Waals surface area contributed by atoms with Crippen molar-refractivity contribution in [2.45, 2.75) is 39.0 Å². The Morgan fingerprint density at radius 1 is 1.13 bits per heavy atom. The van der Waals surface area contributed by atoms with Crippen LogP contribution >= 0.6 is 0 Å². The third kappa shape index (κ3) is 4.28. The van der Waals surface area contributed by atoms with Gasteiger partial charge in [0.25, 0.3) is 0 Å². The minimum absolute atomic E-state index is 0.0120. The summed E-state index contributed by atoms with van der Waals surface area (Å²) in [5.74, 6) is -2.22. The third-order valence-electron chi connectivity index (χ3n) is 3.86. The number of hydrogen-bond donors (Lipinski definition) is 5. The number of rotatable bonds is 7. The lowest BCUT2D eigenvalue weighted by Gasteiger charge is -2.28. The smallest absolute Gasteiger partial charge is 0.195 e. The van der Waals surface area contributed by atoms with Crippen LogP contribution in [0.5, 0.6) is 5.75 Å². The number of aliphatic hydroxyl groups is 2. The number of nitrogen functional groups attached to an aromatic ring is 1. The number of aromatic hydroxyl groups is 1. The van der Waals surface area contributed by atoms with Crippen LogP contribution in [0.3, 0.4) is 0 Å². The number of Topliss-reactive ketones (excluding diaryl/α,β-unsaturated/α-hetero) is 2. The van der Waals surface area contributed by atoms with Gasteiger partial charge in [0, 0.05) is 29.2 Å². The Balaban J connectivity index is 2.92. The van der Waals surface area contributed by atoms with Crippen LogP contribution in [0, 0.1) is 11.8 Å². The Morgan fingerprint density at radius 3 is 2.17 bits per heavy atom. The number of ketones is 2. The molecule has 4 atom stereocenters. The highest BCUT2D eigenvalue weighted by Crippen LogP contribution is 2.22. The Morgan fingerprint density at radius 2 is 1.70 bits per heavy atom. The summed E-state index contributed by atoms with van der Waals surface area (Å²) in [6.45, 7) is 4.88. The fraction of sp³-hybridized carbons (Fsp3) is 0.500. The Hall–Kier alpha value is -1.96. The highest BCUT2D eigenvalue weighted by Gasteiger charge is 2.36. The number of nitrogens with two attached hydrogens (primary N) is 2. The summed E-state index contributed by atoms with van der Waals surface area (Å²) in [5, 5.41) is 29.6. The van der Waals surface area contributed by atoms with Crippen molar-refractivity contribution in [2.24, 2.45) is 17.6 Å². The molecule has 0 radical (unpaired) electrons. The van der Waals surface area contributed by atoms with Gasteiger partial charge in [0.2, 0.25) is 0 Å². The molecular formula is C16H24N2O5. The number of hydrogen-bond acceptors (Lipinski definition) is 7. The topological polar surface area (TPSA) is 147 Å². The number of benzene rings is 1. The molecule has 7 heteroatoms. The maximum absolute atomic E-state index is 12.3. The van der Waals surface area contributed by atoms with Gasteiger partial charge >= 0.3 is 0 Å². The highest BCUT2D eigenvalue weighted by atomic mass is 16.3. The zero-order chi connectivity index (χ0) is 17.9. The van der Waals surface area contributed by atoms with Crippen LogP contribution in [0.2, 0.25) is 0 Å². The van der Waals surface area contributed by atoms with Crippen LogP contribution in [0.4, 0.5) is 5.69 Å². The van der Waals surface area contributed by atoms with Gasteiger partial charge in [0.1, 0.15) is 17.6 Å². The second-order valence-electron chi connectivity index (χ2n) is 5.99. The molecule has 4 unspecified atom stereocenters. The van der Waals surface area contributed by atoms with Crippen molar-refractivity contribution in [3.05, 3.63) is 23.8 Å². The molecule has 1 aromatic carbocycles. The number of carbonyl (C=O) groups excluding carboxylic acids is 2. The second kappa shape index (κ2) is 7.54. The highest BCUT2D eigenvalue weighted by molar-refractivity contribution is 6.04. The van der Waals surface area contributed by atoms with E-state index >= 15 is 0 Å². The summed E-state index contributed by atoms with van der Waals surface area (Å²) in [7, 11) is 0. The van der Waals surface area contributed by atoms with Gasteiger partial charge in [-0.3, -0.25) is 9.59 Å². The quantitative estimate of drug-likeness (QED) is 0.352. The van der Waals surface area contributed by atoms with E-state index in [1.807, 2.05) is 0 Å². The monoisotopic (exact) mass is 324 g/mol. The van der Waals surface area contributed by atoms with Gasteiger partial charge in [-0.1, -0.05) is 20.8 Å². The van der Waals surface area contributed by atoms with E-state index in [0.717, 1.165) is 0 Å². The van der Waals surface area contributed by atoms with Gasteiger partial charge in [-0.2, -0.15) is 0 Å². The average molecular weight is 324 g/mol. The molecule has 128 valence electrons. The van der Waals surface area contributed by atoms with Crippen LogP contribution in [0.15, 0.2) is 18.2 Å². The van der Waals surface area contributed by atoms with Crippen molar-refractivity contribution in [1.82, 2.24) is 0 Å². The molecule has 0 aromatic heterocycles. The van der Waals surface area contributed by atoms with E-state index < -0.39 is 30.0 Å². The molecule has 0 bridgehead atoms. The number of phenolic OH excluding ortho intramolecular Hbond substituents is 1. The first-order valence-electron chi connectivity index (χ1n) is 7.36. The van der Waals surface area contributed by atoms with E-state index in [-0.39, 0.29) is 28.7 Å². The van der Waals surface area contributed by atoms with E-state index in [1.165, 1.54) is 25.1 Å². The van der Waals surface area contributed by atoms with Gasteiger partial charge in [0.05, 0.1) is 12.1 Å². The molecular weight excluding hydrogens is 300 g/mol. The molecule has 1 aromatic rings. The van der Waals surface area contributed by atoms with Crippen LogP contribution in [0.25, 0.3) is 0 Å². The van der Waals surface area contributed by atoms with Crippen LogP contribution in [-0.4, -0.2) is 45.1 Å². The minimum Gasteiger partial charge on any atom is -0.508 e. The lowest BCUT2D eigenvalue weighted by molar-refractivity contribution is -0.129. The van der Waals surface area contributed by atoms with Crippen molar-refractivity contribution in [3.63, 3.8) is 0 Å². The first kappa shape index (κ1) is 19.1. The molecule has 7 N–H and O–H groups in total. The molecule has 0 spiro atoms. The fourth-order valence-electron chi connectivity index (χ4n) is 2.32. The van der Waals surface area contributed by atoms with Gasteiger partial charge in [-0.15, -0.1) is 0 Å². The van der Waals surface area contributed by atoms with Gasteiger partial charge in [-0.25, -0.2) is 0 Å². The van der Waals surface area contributed by atoms with Crippen molar-refractivity contribution in [1.29, 1.82) is 0 Å². The first-order valence-corrected chi connectivity index (χ1v) is 7.36. The lowest BCUT2D eigenvalue weighted by atomic mass is 9.85. The van der Waals surface area contributed by atoms with Gasteiger partial charge < -0.3 is 26.8 Å². The maximum atomic E-state index is 12.3. The fourth-order valence-corrected chi connectivity index (χ4v) is 2.32. The van der Waals surface area contributed by atoms with E-state index in [2.05, 4.69) is 0 Å². The number of anilines is 1. The van der Waals surface area contributed by atoms with Crippen molar-refractivity contribution < 1.29 is 24.9 Å². The van der Waals surface area contributed by atoms with Gasteiger partial charge in [0.15, 0.2) is 5.78 Å². The van der Waals surface area contributed by atoms with Crippen LogP contribution in [0.1, 0.15) is 31.1 Å². The number of aliphatic hydroxyl groups excluding tert-OH is 2. The predicted molar refractivity (Wildman–Crippen MR) is 85.8 cm³/mol. The zero-order valence-corrected chi connectivity index (χ0v) is 13.4. The summed E-state index contributed by atoms with van der Waals surface area (Å²) in [5.41, 5.74) is 11.4. The Kier molecular flexibility index (Phi) is 6.26. The zero-order valence-electron chi connectivity index (χ0n) is 13.4. The van der Waals surface area contributed by atoms with E-state index in [1.54, 1.807) is 13.8 Å². The minimum atomic E-state index is -1.72. The molecule has 0 saturated carbocycles. The largest absolute Gasteiger partial charge is 0.508 e. The molecule has 0 aliphatic heterocycles. The third-order valence-corrected chi connectivity index (χ3v) is 3.86.